The van der Waals surface area contributed by atoms with Crippen LogP contribution in [0.5, 0.6) is 0 Å². The first-order chi connectivity index (χ1) is 15.1. The Balaban J connectivity index is 1.47. The van der Waals surface area contributed by atoms with Crippen LogP contribution in [-0.2, 0) is 22.5 Å². The first-order valence-corrected chi connectivity index (χ1v) is 10.6. The van der Waals surface area contributed by atoms with Crippen LogP contribution in [-0.4, -0.2) is 40.7 Å². The van der Waals surface area contributed by atoms with Gasteiger partial charge in [0.15, 0.2) is 0 Å². The standard InChI is InChI=1S/C24H26FN3O3/c1-2-30-23(29)24(10-13-28(14-11-24)17-20-5-3-4-12-26-20)16-21-15-22(27-31-21)18-6-8-19(25)9-7-18/h3-9,12,15H,2,10-11,13-14,16-17H2,1H3. The molecular formula is C24H26FN3O3. The lowest BCUT2D eigenvalue weighted by molar-refractivity contribution is -0.159. The molecule has 0 saturated carbocycles. The molecule has 0 radical (unpaired) electrons. The Morgan fingerprint density at radius 2 is 1.97 bits per heavy atom. The number of halogens is 1. The maximum Gasteiger partial charge on any atom is 0.312 e. The Morgan fingerprint density at radius 1 is 1.19 bits per heavy atom. The number of carbonyl (C=O) groups excluding carboxylic acids is 1. The molecule has 0 amide bonds. The molecule has 3 aromatic rings. The summed E-state index contributed by atoms with van der Waals surface area (Å²) in [6, 6.07) is 13.8. The zero-order chi connectivity index (χ0) is 21.7. The van der Waals surface area contributed by atoms with Crippen molar-refractivity contribution in [2.45, 2.75) is 32.7 Å². The minimum atomic E-state index is -0.643. The summed E-state index contributed by atoms with van der Waals surface area (Å²) in [5, 5.41) is 4.12. The molecular weight excluding hydrogens is 397 g/mol. The summed E-state index contributed by atoms with van der Waals surface area (Å²) in [5.41, 5.74) is 1.77. The van der Waals surface area contributed by atoms with Crippen LogP contribution in [0.2, 0.25) is 0 Å². The molecule has 1 fully saturated rings. The normalized spacial score (nSPS) is 16.2. The second-order valence-corrected chi connectivity index (χ2v) is 7.96. The number of pyridine rings is 1. The second-order valence-electron chi connectivity index (χ2n) is 7.96. The fourth-order valence-electron chi connectivity index (χ4n) is 4.08. The highest BCUT2D eigenvalue weighted by Crippen LogP contribution is 2.37. The predicted molar refractivity (Wildman–Crippen MR) is 113 cm³/mol. The third-order valence-corrected chi connectivity index (χ3v) is 5.84. The number of hydrogen-bond acceptors (Lipinski definition) is 6. The molecule has 0 N–H and O–H groups in total. The monoisotopic (exact) mass is 423 g/mol. The molecule has 3 heterocycles. The zero-order valence-corrected chi connectivity index (χ0v) is 17.6. The third-order valence-electron chi connectivity index (χ3n) is 5.84. The molecule has 31 heavy (non-hydrogen) atoms. The molecule has 1 aliphatic heterocycles. The van der Waals surface area contributed by atoms with Crippen molar-refractivity contribution in [3.63, 3.8) is 0 Å². The lowest BCUT2D eigenvalue weighted by atomic mass is 9.75. The van der Waals surface area contributed by atoms with Crippen molar-refractivity contribution in [3.8, 4) is 11.3 Å². The van der Waals surface area contributed by atoms with Crippen molar-refractivity contribution in [1.29, 1.82) is 0 Å². The Morgan fingerprint density at radius 3 is 2.65 bits per heavy atom. The maximum absolute atomic E-state index is 13.2. The molecule has 0 bridgehead atoms. The highest BCUT2D eigenvalue weighted by molar-refractivity contribution is 5.77. The first kappa shape index (κ1) is 21.2. The van der Waals surface area contributed by atoms with Crippen molar-refractivity contribution in [2.24, 2.45) is 5.41 Å². The van der Waals surface area contributed by atoms with E-state index in [4.69, 9.17) is 9.26 Å². The van der Waals surface area contributed by atoms with E-state index in [0.717, 1.165) is 30.9 Å². The lowest BCUT2D eigenvalue weighted by Crippen LogP contribution is -2.46. The van der Waals surface area contributed by atoms with Crippen LogP contribution in [0.25, 0.3) is 11.3 Å². The van der Waals surface area contributed by atoms with Gasteiger partial charge in [-0.05, 0) is 69.3 Å². The van der Waals surface area contributed by atoms with E-state index >= 15 is 0 Å². The molecule has 0 atom stereocenters. The highest BCUT2D eigenvalue weighted by atomic mass is 19.1. The molecule has 1 aromatic carbocycles. The van der Waals surface area contributed by atoms with Crippen molar-refractivity contribution in [3.05, 3.63) is 72.0 Å². The van der Waals surface area contributed by atoms with E-state index in [2.05, 4.69) is 15.0 Å². The molecule has 4 rings (SSSR count). The van der Waals surface area contributed by atoms with E-state index in [1.807, 2.05) is 31.2 Å². The number of nitrogens with zero attached hydrogens (tertiary/aromatic N) is 3. The summed E-state index contributed by atoms with van der Waals surface area (Å²) in [6.07, 6.45) is 3.57. The molecule has 1 saturated heterocycles. The van der Waals surface area contributed by atoms with Gasteiger partial charge in [0.2, 0.25) is 0 Å². The van der Waals surface area contributed by atoms with E-state index in [1.165, 1.54) is 12.1 Å². The van der Waals surface area contributed by atoms with Gasteiger partial charge >= 0.3 is 5.97 Å². The Kier molecular flexibility index (Phi) is 6.42. The van der Waals surface area contributed by atoms with Crippen molar-refractivity contribution in [1.82, 2.24) is 15.0 Å². The van der Waals surface area contributed by atoms with E-state index in [0.29, 0.717) is 37.3 Å². The van der Waals surface area contributed by atoms with Crippen LogP contribution >= 0.6 is 0 Å². The van der Waals surface area contributed by atoms with Gasteiger partial charge in [-0.25, -0.2) is 4.39 Å². The first-order valence-electron chi connectivity index (χ1n) is 10.6. The average Bonchev–Trinajstić information content (AvgIpc) is 3.25. The third kappa shape index (κ3) is 4.99. The quantitative estimate of drug-likeness (QED) is 0.529. The van der Waals surface area contributed by atoms with Crippen molar-refractivity contribution >= 4 is 5.97 Å². The molecule has 2 aromatic heterocycles. The Bertz CT molecular complexity index is 996. The number of esters is 1. The van der Waals surface area contributed by atoms with E-state index in [9.17, 15) is 9.18 Å². The smallest absolute Gasteiger partial charge is 0.312 e. The SMILES string of the molecule is CCOC(=O)C1(Cc2cc(-c3ccc(F)cc3)no2)CCN(Cc2ccccn2)CC1. The minimum absolute atomic E-state index is 0.188. The number of rotatable bonds is 7. The van der Waals surface area contributed by atoms with Gasteiger partial charge in [-0.3, -0.25) is 14.7 Å². The minimum Gasteiger partial charge on any atom is -0.466 e. The zero-order valence-electron chi connectivity index (χ0n) is 17.6. The molecule has 0 spiro atoms. The maximum atomic E-state index is 13.2. The summed E-state index contributed by atoms with van der Waals surface area (Å²) in [6.45, 7) is 4.47. The van der Waals surface area contributed by atoms with E-state index in [1.54, 1.807) is 18.3 Å². The highest BCUT2D eigenvalue weighted by Gasteiger charge is 2.43. The second kappa shape index (κ2) is 9.39. The molecule has 162 valence electrons. The average molecular weight is 423 g/mol. The Hall–Kier alpha value is -3.06. The summed E-state index contributed by atoms with van der Waals surface area (Å²) < 4.78 is 24.2. The van der Waals surface area contributed by atoms with Gasteiger partial charge < -0.3 is 9.26 Å². The van der Waals surface area contributed by atoms with Gasteiger partial charge in [-0.15, -0.1) is 0 Å². The van der Waals surface area contributed by atoms with Gasteiger partial charge in [0.05, 0.1) is 17.7 Å². The number of aromatic nitrogens is 2. The van der Waals surface area contributed by atoms with Gasteiger partial charge in [0.1, 0.15) is 17.3 Å². The lowest BCUT2D eigenvalue weighted by Gasteiger charge is -2.39. The van der Waals surface area contributed by atoms with Gasteiger partial charge in [-0.2, -0.15) is 0 Å². The van der Waals surface area contributed by atoms with Crippen molar-refractivity contribution < 1.29 is 18.4 Å². The Labute approximate surface area is 181 Å². The molecule has 0 unspecified atom stereocenters. The summed E-state index contributed by atoms with van der Waals surface area (Å²) in [5.74, 6) is 0.143. The van der Waals surface area contributed by atoms with E-state index in [-0.39, 0.29) is 11.8 Å². The number of benzene rings is 1. The number of ether oxygens (including phenoxy) is 1. The topological polar surface area (TPSA) is 68.5 Å². The van der Waals surface area contributed by atoms with Crippen LogP contribution in [0, 0.1) is 11.2 Å². The largest absolute Gasteiger partial charge is 0.466 e. The van der Waals surface area contributed by atoms with Crippen LogP contribution in [0.4, 0.5) is 4.39 Å². The molecule has 0 aliphatic carbocycles. The number of piperidine rings is 1. The van der Waals surface area contributed by atoms with Crippen LogP contribution in [0.1, 0.15) is 31.2 Å². The number of carbonyl (C=O) groups is 1. The van der Waals surface area contributed by atoms with Gasteiger partial charge in [0.25, 0.3) is 0 Å². The van der Waals surface area contributed by atoms with Crippen LogP contribution in [0.3, 0.4) is 0 Å². The fourth-order valence-corrected chi connectivity index (χ4v) is 4.08. The molecule has 6 nitrogen and oxygen atoms in total. The van der Waals surface area contributed by atoms with Gasteiger partial charge in [-0.1, -0.05) is 11.2 Å². The summed E-state index contributed by atoms with van der Waals surface area (Å²) in [7, 11) is 0. The van der Waals surface area contributed by atoms with Crippen LogP contribution in [0.15, 0.2) is 59.3 Å². The molecule has 7 heteroatoms. The fraction of sp³-hybridized carbons (Fsp3) is 0.375. The van der Waals surface area contributed by atoms with Crippen molar-refractivity contribution in [2.75, 3.05) is 19.7 Å². The number of likely N-dealkylation sites (tertiary alicyclic amines) is 1. The van der Waals surface area contributed by atoms with E-state index < -0.39 is 5.41 Å². The molecule has 1 aliphatic rings. The number of hydrogen-bond donors (Lipinski definition) is 0. The van der Waals surface area contributed by atoms with Gasteiger partial charge in [0, 0.05) is 30.8 Å². The summed E-state index contributed by atoms with van der Waals surface area (Å²) >= 11 is 0. The van der Waals surface area contributed by atoms with Crippen LogP contribution < -0.4 is 0 Å². The summed E-state index contributed by atoms with van der Waals surface area (Å²) in [4.78, 5) is 19.7. The predicted octanol–water partition coefficient (Wildman–Crippen LogP) is 4.26.